The number of hydrogen-bond donors (Lipinski definition) is 1. The maximum Gasteiger partial charge on any atom is 0.0741 e. The van der Waals surface area contributed by atoms with Crippen molar-refractivity contribution >= 4 is 47.4 Å². The van der Waals surface area contributed by atoms with Crippen LogP contribution in [0.3, 0.4) is 0 Å². The molecule has 0 heterocycles. The molecule has 1 aromatic carbocycles. The Morgan fingerprint density at radius 3 is 2.40 bits per heavy atom. The third-order valence-electron chi connectivity index (χ3n) is 0.951. The summed E-state index contributed by atoms with van der Waals surface area (Å²) in [4.78, 5) is 0.468. The molecule has 0 fully saturated rings. The second kappa shape index (κ2) is 3.22. The summed E-state index contributed by atoms with van der Waals surface area (Å²) in [5.41, 5.74) is 0. The monoisotopic (exact) mass is 211 g/mol. The molecule has 0 spiro atoms. The Kier molecular flexibility index (Phi) is 2.75. The van der Waals surface area contributed by atoms with E-state index in [-0.39, 0.29) is 0 Å². The van der Waals surface area contributed by atoms with Gasteiger partial charge in [-0.15, -0.1) is 12.6 Å². The Bertz CT molecular complexity index is 232. The molecule has 0 aliphatic rings. The highest BCUT2D eigenvalue weighted by molar-refractivity contribution is 7.80. The predicted molar refractivity (Wildman–Crippen MR) is 47.6 cm³/mol. The van der Waals surface area contributed by atoms with Crippen LogP contribution in [0, 0.1) is 6.07 Å². The molecule has 0 atom stereocenters. The van der Waals surface area contributed by atoms with Gasteiger partial charge >= 0.3 is 0 Å². The molecule has 0 aliphatic heterocycles. The van der Waals surface area contributed by atoms with Crippen molar-refractivity contribution in [2.24, 2.45) is 0 Å². The van der Waals surface area contributed by atoms with Gasteiger partial charge in [0.15, 0.2) is 0 Å². The number of halogens is 3. The van der Waals surface area contributed by atoms with E-state index in [0.717, 1.165) is 0 Å². The average molecular weight is 213 g/mol. The quantitative estimate of drug-likeness (QED) is 0.492. The van der Waals surface area contributed by atoms with E-state index in [4.69, 9.17) is 34.8 Å². The van der Waals surface area contributed by atoms with E-state index in [1.54, 1.807) is 0 Å². The van der Waals surface area contributed by atoms with Gasteiger partial charge in [0.1, 0.15) is 0 Å². The largest absolute Gasteiger partial charge is 0.140 e. The lowest BCUT2D eigenvalue weighted by Crippen LogP contribution is -1.73. The zero-order valence-electron chi connectivity index (χ0n) is 4.66. The van der Waals surface area contributed by atoms with Crippen LogP contribution in [0.4, 0.5) is 0 Å². The molecule has 0 amide bonds. The Morgan fingerprint density at radius 2 is 1.90 bits per heavy atom. The Labute approximate surface area is 79.5 Å². The minimum Gasteiger partial charge on any atom is -0.140 e. The van der Waals surface area contributed by atoms with Gasteiger partial charge in [-0.3, -0.25) is 0 Å². The van der Waals surface area contributed by atoms with Crippen molar-refractivity contribution in [3.8, 4) is 0 Å². The molecule has 1 radical (unpaired) electrons. The van der Waals surface area contributed by atoms with Gasteiger partial charge in [-0.2, -0.15) is 0 Å². The van der Waals surface area contributed by atoms with Crippen LogP contribution in [0.5, 0.6) is 0 Å². The molecule has 1 rings (SSSR count). The van der Waals surface area contributed by atoms with Gasteiger partial charge in [0.2, 0.25) is 0 Å². The summed E-state index contributed by atoms with van der Waals surface area (Å²) in [7, 11) is 0. The van der Waals surface area contributed by atoms with E-state index in [9.17, 15) is 0 Å². The van der Waals surface area contributed by atoms with Gasteiger partial charge in [-0.25, -0.2) is 0 Å². The lowest BCUT2D eigenvalue weighted by atomic mass is 10.4. The smallest absolute Gasteiger partial charge is 0.0741 e. The topological polar surface area (TPSA) is 0 Å². The van der Waals surface area contributed by atoms with Gasteiger partial charge in [-0.05, 0) is 6.07 Å². The minimum atomic E-state index is 0.369. The van der Waals surface area contributed by atoms with Crippen LogP contribution >= 0.6 is 47.4 Å². The van der Waals surface area contributed by atoms with Crippen molar-refractivity contribution < 1.29 is 0 Å². The van der Waals surface area contributed by atoms with Crippen molar-refractivity contribution in [1.82, 2.24) is 0 Å². The minimum absolute atomic E-state index is 0.369. The molecule has 0 saturated heterocycles. The maximum absolute atomic E-state index is 5.67. The first-order chi connectivity index (χ1) is 4.63. The normalized spacial score (nSPS) is 10.0. The maximum atomic E-state index is 5.67. The molecule has 0 N–H and O–H groups in total. The van der Waals surface area contributed by atoms with Crippen molar-refractivity contribution in [1.29, 1.82) is 0 Å². The zero-order chi connectivity index (χ0) is 7.72. The fourth-order valence-electron chi connectivity index (χ4n) is 0.468. The molecule has 0 nitrogen and oxygen atoms in total. The summed E-state index contributed by atoms with van der Waals surface area (Å²) in [5, 5.41) is 1.17. The Balaban J connectivity index is 3.34. The van der Waals surface area contributed by atoms with Crippen LogP contribution < -0.4 is 0 Å². The highest BCUT2D eigenvalue weighted by Crippen LogP contribution is 2.33. The van der Waals surface area contributed by atoms with Crippen LogP contribution in [0.2, 0.25) is 15.1 Å². The molecule has 0 aromatic heterocycles. The second-order valence-corrected chi connectivity index (χ2v) is 3.22. The first-order valence-electron chi connectivity index (χ1n) is 2.37. The number of thiol groups is 1. The van der Waals surface area contributed by atoms with E-state index in [1.165, 1.54) is 6.07 Å². The van der Waals surface area contributed by atoms with Crippen LogP contribution in [-0.4, -0.2) is 0 Å². The highest BCUT2D eigenvalue weighted by atomic mass is 35.5. The van der Waals surface area contributed by atoms with Crippen molar-refractivity contribution in [3.63, 3.8) is 0 Å². The van der Waals surface area contributed by atoms with Crippen molar-refractivity contribution in [2.45, 2.75) is 4.90 Å². The predicted octanol–water partition coefficient (Wildman–Crippen LogP) is 3.74. The molecule has 0 aliphatic carbocycles. The molecule has 4 heteroatoms. The lowest BCUT2D eigenvalue weighted by Gasteiger charge is -1.99. The summed E-state index contributed by atoms with van der Waals surface area (Å²) >= 11 is 20.9. The molecule has 53 valence electrons. The standard InChI is InChI=1S/C6H2Cl3S/c7-3-1-2-4(8)6(10)5(3)9/h1,10H. The molecule has 0 saturated carbocycles. The molecular weight excluding hydrogens is 210 g/mol. The number of rotatable bonds is 0. The van der Waals surface area contributed by atoms with Gasteiger partial charge in [0.05, 0.1) is 15.1 Å². The van der Waals surface area contributed by atoms with Crippen molar-refractivity contribution in [2.75, 3.05) is 0 Å². The van der Waals surface area contributed by atoms with Crippen molar-refractivity contribution in [3.05, 3.63) is 27.2 Å². The van der Waals surface area contributed by atoms with Crippen LogP contribution in [0.15, 0.2) is 11.0 Å². The van der Waals surface area contributed by atoms with Crippen LogP contribution in [0.1, 0.15) is 0 Å². The van der Waals surface area contributed by atoms with Crippen LogP contribution in [-0.2, 0) is 0 Å². The molecular formula is C6H2Cl3S. The molecule has 0 unspecified atom stereocenters. The fourth-order valence-corrected chi connectivity index (χ4v) is 1.21. The molecule has 10 heavy (non-hydrogen) atoms. The molecule has 0 bridgehead atoms. The average Bonchev–Trinajstić information content (AvgIpc) is 1.93. The second-order valence-electron chi connectivity index (χ2n) is 1.61. The summed E-state index contributed by atoms with van der Waals surface area (Å²) in [6, 6.07) is 4.19. The van der Waals surface area contributed by atoms with E-state index < -0.39 is 0 Å². The van der Waals surface area contributed by atoms with E-state index in [0.29, 0.717) is 20.0 Å². The van der Waals surface area contributed by atoms with Gasteiger partial charge in [-0.1, -0.05) is 34.8 Å². The van der Waals surface area contributed by atoms with Crippen LogP contribution in [0.25, 0.3) is 0 Å². The SMILES string of the molecule is Sc1c(Cl)[c]cc(Cl)c1Cl. The molecule has 1 aromatic rings. The first-order valence-corrected chi connectivity index (χ1v) is 3.95. The number of hydrogen-bond acceptors (Lipinski definition) is 1. The van der Waals surface area contributed by atoms with Gasteiger partial charge in [0, 0.05) is 11.0 Å². The lowest BCUT2D eigenvalue weighted by molar-refractivity contribution is 1.47. The van der Waals surface area contributed by atoms with E-state index in [2.05, 4.69) is 18.7 Å². The third kappa shape index (κ3) is 1.54. The summed E-state index contributed by atoms with van der Waals surface area (Å²) in [6.07, 6.45) is 0. The number of benzene rings is 1. The van der Waals surface area contributed by atoms with Gasteiger partial charge in [0.25, 0.3) is 0 Å². The summed E-state index contributed by atoms with van der Waals surface area (Å²) < 4.78 is 0. The first kappa shape index (κ1) is 8.54. The van der Waals surface area contributed by atoms with E-state index in [1.807, 2.05) is 0 Å². The third-order valence-corrected chi connectivity index (χ3v) is 2.75. The summed E-state index contributed by atoms with van der Waals surface area (Å²) in [6.45, 7) is 0. The van der Waals surface area contributed by atoms with E-state index >= 15 is 0 Å². The van der Waals surface area contributed by atoms with Gasteiger partial charge < -0.3 is 0 Å². The zero-order valence-corrected chi connectivity index (χ0v) is 7.82. The highest BCUT2D eigenvalue weighted by Gasteiger charge is 2.04. The Hall–Kier alpha value is 0.440. The summed E-state index contributed by atoms with van der Waals surface area (Å²) in [5.74, 6) is 0. The fraction of sp³-hybridized carbons (Fsp3) is 0. The Morgan fingerprint density at radius 1 is 1.30 bits per heavy atom.